The molecule has 4 rings (SSSR count). The Labute approximate surface area is 186 Å². The molecule has 1 fully saturated rings. The Morgan fingerprint density at radius 3 is 2.81 bits per heavy atom. The first-order valence-electron chi connectivity index (χ1n) is 10.5. The maximum atomic E-state index is 12.9. The van der Waals surface area contributed by atoms with Gasteiger partial charge in [-0.15, -0.1) is 0 Å². The average molecular weight is 438 g/mol. The van der Waals surface area contributed by atoms with Crippen molar-refractivity contribution in [2.75, 3.05) is 39.1 Å². The average Bonchev–Trinajstić information content (AvgIpc) is 3.10. The van der Waals surface area contributed by atoms with Crippen LogP contribution in [0.25, 0.3) is 0 Å². The Morgan fingerprint density at radius 2 is 2.09 bits per heavy atom. The molecular weight excluding hydrogens is 410 g/mol. The van der Waals surface area contributed by atoms with Crippen LogP contribution in [0, 0.1) is 5.92 Å². The molecule has 3 heterocycles. The number of ketones is 1. The smallest absolute Gasteiger partial charge is 0.412 e. The second-order valence-corrected chi connectivity index (χ2v) is 8.09. The number of ether oxygens (including phenoxy) is 1. The van der Waals surface area contributed by atoms with E-state index in [0.29, 0.717) is 30.2 Å². The molecule has 0 radical (unpaired) electrons. The summed E-state index contributed by atoms with van der Waals surface area (Å²) >= 11 is 0. The van der Waals surface area contributed by atoms with E-state index in [4.69, 9.17) is 4.74 Å². The van der Waals surface area contributed by atoms with Crippen LogP contribution in [0.4, 0.5) is 10.5 Å². The van der Waals surface area contributed by atoms with Gasteiger partial charge in [0.1, 0.15) is 12.4 Å². The summed E-state index contributed by atoms with van der Waals surface area (Å²) in [5.41, 5.74) is 1.91. The predicted octanol–water partition coefficient (Wildman–Crippen LogP) is 2.17. The standard InChI is InChI=1S/C23H27N5O4/c1-27(2)10-11-32-19-14-24-9-8-16(19)22-21(26-15-6-4-3-5-7-15)20-17(28(22)23(30)31)12-25-13-18(20)29/h3-9,12,14,20-22,25-26H,10-11,13H2,1-2H3,(H,30,31). The van der Waals surface area contributed by atoms with Gasteiger partial charge in [-0.1, -0.05) is 18.2 Å². The summed E-state index contributed by atoms with van der Waals surface area (Å²) < 4.78 is 6.00. The quantitative estimate of drug-likeness (QED) is 0.605. The monoisotopic (exact) mass is 437 g/mol. The highest BCUT2D eigenvalue weighted by atomic mass is 16.5. The molecular formula is C23H27N5O4. The maximum absolute atomic E-state index is 12.9. The fourth-order valence-electron chi connectivity index (χ4n) is 4.27. The summed E-state index contributed by atoms with van der Waals surface area (Å²) in [4.78, 5) is 32.8. The van der Waals surface area contributed by atoms with Crippen molar-refractivity contribution in [1.82, 2.24) is 20.1 Å². The third-order valence-corrected chi connectivity index (χ3v) is 5.69. The summed E-state index contributed by atoms with van der Waals surface area (Å²) in [5.74, 6) is -0.167. The normalized spacial score (nSPS) is 22.2. The van der Waals surface area contributed by atoms with Crippen molar-refractivity contribution in [3.05, 3.63) is 66.3 Å². The van der Waals surface area contributed by atoms with Crippen molar-refractivity contribution in [3.8, 4) is 5.75 Å². The second kappa shape index (κ2) is 9.27. The number of carbonyl (C=O) groups is 2. The molecule has 3 N–H and O–H groups in total. The Morgan fingerprint density at radius 1 is 1.31 bits per heavy atom. The molecule has 9 nitrogen and oxygen atoms in total. The summed E-state index contributed by atoms with van der Waals surface area (Å²) in [6.45, 7) is 1.28. The van der Waals surface area contributed by atoms with E-state index in [1.807, 2.05) is 49.3 Å². The van der Waals surface area contributed by atoms with Crippen molar-refractivity contribution in [3.63, 3.8) is 0 Å². The Balaban J connectivity index is 1.78. The van der Waals surface area contributed by atoms with Gasteiger partial charge in [0.15, 0.2) is 5.78 Å². The Kier molecular flexibility index (Phi) is 6.27. The van der Waals surface area contributed by atoms with E-state index in [9.17, 15) is 14.7 Å². The van der Waals surface area contributed by atoms with Gasteiger partial charge in [0.05, 0.1) is 36.4 Å². The first-order valence-corrected chi connectivity index (χ1v) is 10.5. The van der Waals surface area contributed by atoms with Gasteiger partial charge in [-0.25, -0.2) is 4.79 Å². The molecule has 2 aromatic rings. The second-order valence-electron chi connectivity index (χ2n) is 8.09. The van der Waals surface area contributed by atoms with Gasteiger partial charge in [-0.3, -0.25) is 14.7 Å². The van der Waals surface area contributed by atoms with Crippen molar-refractivity contribution >= 4 is 17.6 Å². The number of Topliss-reactive ketones (excluding diaryl/α,β-unsaturated/α-hetero) is 1. The zero-order valence-electron chi connectivity index (χ0n) is 18.1. The van der Waals surface area contributed by atoms with Crippen molar-refractivity contribution < 1.29 is 19.4 Å². The summed E-state index contributed by atoms with van der Waals surface area (Å²) in [6, 6.07) is 10.1. The number of benzene rings is 1. The molecule has 0 bridgehead atoms. The first-order chi connectivity index (χ1) is 15.5. The molecule has 1 aromatic carbocycles. The number of hydrogen-bond acceptors (Lipinski definition) is 7. The lowest BCUT2D eigenvalue weighted by Crippen LogP contribution is -2.40. The number of nitrogens with one attached hydrogen (secondary N) is 2. The van der Waals surface area contributed by atoms with Gasteiger partial charge < -0.3 is 25.4 Å². The lowest BCUT2D eigenvalue weighted by molar-refractivity contribution is -0.121. The SMILES string of the molecule is CN(C)CCOc1cnccc1C1C(Nc2ccccc2)C2C(=O)CNC=C2N1C(=O)O. The topological polar surface area (TPSA) is 107 Å². The molecule has 3 atom stereocenters. The fourth-order valence-corrected chi connectivity index (χ4v) is 4.27. The number of para-hydroxylation sites is 1. The van der Waals surface area contributed by atoms with Crippen LogP contribution in [0.15, 0.2) is 60.7 Å². The number of pyridine rings is 1. The molecule has 1 aromatic heterocycles. The number of carboxylic acid groups (broad SMARTS) is 1. The van der Waals surface area contributed by atoms with E-state index < -0.39 is 24.1 Å². The van der Waals surface area contributed by atoms with Crippen LogP contribution in [-0.4, -0.2) is 71.6 Å². The van der Waals surface area contributed by atoms with Gasteiger partial charge in [0.25, 0.3) is 0 Å². The van der Waals surface area contributed by atoms with E-state index in [-0.39, 0.29) is 12.3 Å². The minimum Gasteiger partial charge on any atom is -0.490 e. The van der Waals surface area contributed by atoms with E-state index in [1.165, 1.54) is 4.90 Å². The minimum absolute atomic E-state index is 0.0613. The zero-order chi connectivity index (χ0) is 22.7. The van der Waals surface area contributed by atoms with Crippen LogP contribution in [0.3, 0.4) is 0 Å². The van der Waals surface area contributed by atoms with Crippen LogP contribution in [-0.2, 0) is 4.79 Å². The number of hydrogen-bond donors (Lipinski definition) is 3. The lowest BCUT2D eigenvalue weighted by atomic mass is 9.88. The molecule has 32 heavy (non-hydrogen) atoms. The van der Waals surface area contributed by atoms with Crippen LogP contribution < -0.4 is 15.4 Å². The zero-order valence-corrected chi connectivity index (χ0v) is 18.1. The largest absolute Gasteiger partial charge is 0.490 e. The Bertz CT molecular complexity index is 1010. The number of aromatic nitrogens is 1. The van der Waals surface area contributed by atoms with Crippen LogP contribution in [0.2, 0.25) is 0 Å². The summed E-state index contributed by atoms with van der Waals surface area (Å²) in [6.07, 6.45) is 3.72. The lowest BCUT2D eigenvalue weighted by Gasteiger charge is -2.29. The van der Waals surface area contributed by atoms with Gasteiger partial charge >= 0.3 is 6.09 Å². The highest BCUT2D eigenvalue weighted by Crippen LogP contribution is 2.47. The van der Waals surface area contributed by atoms with Crippen LogP contribution in [0.5, 0.6) is 5.75 Å². The molecule has 1 amide bonds. The summed E-state index contributed by atoms with van der Waals surface area (Å²) in [5, 5.41) is 16.5. The number of nitrogens with zero attached hydrogens (tertiary/aromatic N) is 3. The number of likely N-dealkylation sites (N-methyl/N-ethyl adjacent to an activating group) is 1. The molecule has 2 aliphatic heterocycles. The van der Waals surface area contributed by atoms with Gasteiger partial charge in [0, 0.05) is 30.2 Å². The van der Waals surface area contributed by atoms with Crippen molar-refractivity contribution in [2.24, 2.45) is 5.92 Å². The number of carbonyl (C=O) groups excluding carboxylic acids is 1. The van der Waals surface area contributed by atoms with E-state index in [1.54, 1.807) is 24.7 Å². The molecule has 0 spiro atoms. The van der Waals surface area contributed by atoms with Crippen LogP contribution >= 0.6 is 0 Å². The van der Waals surface area contributed by atoms with E-state index in [0.717, 1.165) is 5.69 Å². The third kappa shape index (κ3) is 4.24. The molecule has 168 valence electrons. The molecule has 0 aliphatic carbocycles. The fraction of sp³-hybridized carbons (Fsp3) is 0.348. The maximum Gasteiger partial charge on any atom is 0.412 e. The number of anilines is 1. The molecule has 2 aliphatic rings. The van der Waals surface area contributed by atoms with Gasteiger partial charge in [0.2, 0.25) is 0 Å². The number of rotatable bonds is 7. The predicted molar refractivity (Wildman–Crippen MR) is 119 cm³/mol. The number of fused-ring (bicyclic) bond motifs is 1. The van der Waals surface area contributed by atoms with Gasteiger partial charge in [-0.05, 0) is 32.3 Å². The highest BCUT2D eigenvalue weighted by Gasteiger charge is 2.53. The van der Waals surface area contributed by atoms with E-state index in [2.05, 4.69) is 15.6 Å². The first kappa shape index (κ1) is 21.6. The molecule has 1 saturated heterocycles. The third-order valence-electron chi connectivity index (χ3n) is 5.69. The summed E-state index contributed by atoms with van der Waals surface area (Å²) in [7, 11) is 3.90. The number of likely N-dealkylation sites (tertiary alicyclic amines) is 1. The number of amides is 1. The Hall–Kier alpha value is -3.59. The van der Waals surface area contributed by atoms with Gasteiger partial charge in [-0.2, -0.15) is 0 Å². The highest BCUT2D eigenvalue weighted by molar-refractivity contribution is 5.90. The molecule has 9 heteroatoms. The molecule has 3 unspecified atom stereocenters. The van der Waals surface area contributed by atoms with E-state index >= 15 is 0 Å². The molecule has 0 saturated carbocycles. The minimum atomic E-state index is -1.13. The van der Waals surface area contributed by atoms with Crippen LogP contribution in [0.1, 0.15) is 11.6 Å². The van der Waals surface area contributed by atoms with Crippen molar-refractivity contribution in [1.29, 1.82) is 0 Å². The van der Waals surface area contributed by atoms with Crippen molar-refractivity contribution in [2.45, 2.75) is 12.1 Å².